The first kappa shape index (κ1) is 15.6. The third-order valence-corrected chi connectivity index (χ3v) is 0. The molecular formula is C4H8N2S2. The summed E-state index contributed by atoms with van der Waals surface area (Å²) in [6.07, 6.45) is 0. The Labute approximate surface area is 59.9 Å². The molecule has 8 heavy (non-hydrogen) atoms. The lowest BCUT2D eigenvalue weighted by atomic mass is 11.0. The number of thiocarbonyl (C=S) groups is 2. The van der Waals surface area contributed by atoms with Gasteiger partial charge < -0.3 is 0 Å². The summed E-state index contributed by atoms with van der Waals surface area (Å²) in [5, 5.41) is 14.7. The molecule has 0 amide bonds. The van der Waals surface area contributed by atoms with Crippen molar-refractivity contribution < 1.29 is 0 Å². The zero-order valence-corrected chi connectivity index (χ0v) is 6.45. The number of hydrogen-bond donors (Lipinski definition) is 2. The lowest BCUT2D eigenvalue weighted by molar-refractivity contribution is 1.50. The Hall–Kier alpha value is -0.400. The van der Waals surface area contributed by atoms with Gasteiger partial charge in [-0.1, -0.05) is 13.8 Å². The van der Waals surface area contributed by atoms with Crippen LogP contribution in [0.25, 0.3) is 0 Å². The van der Waals surface area contributed by atoms with Crippen molar-refractivity contribution in [1.82, 2.24) is 0 Å². The minimum atomic E-state index is 1.58. The van der Waals surface area contributed by atoms with Crippen LogP contribution < -0.4 is 0 Å². The van der Waals surface area contributed by atoms with E-state index in [-0.39, 0.29) is 0 Å². The summed E-state index contributed by atoms with van der Waals surface area (Å²) in [5.41, 5.74) is 0. The third-order valence-electron chi connectivity index (χ3n) is 0. The van der Waals surface area contributed by atoms with Crippen molar-refractivity contribution in [3.63, 3.8) is 0 Å². The van der Waals surface area contributed by atoms with E-state index in [2.05, 4.69) is 24.4 Å². The molecule has 2 N–H and O–H groups in total. The normalized spacial score (nSPS) is 2.75. The van der Waals surface area contributed by atoms with E-state index in [0.717, 1.165) is 0 Å². The monoisotopic (exact) mass is 148 g/mol. The zero-order valence-electron chi connectivity index (χ0n) is 4.82. The second kappa shape index (κ2) is 80.8. The summed E-state index contributed by atoms with van der Waals surface area (Å²) in [7, 11) is 0. The van der Waals surface area contributed by atoms with Crippen LogP contribution in [0, 0.1) is 10.8 Å². The fourth-order valence-corrected chi connectivity index (χ4v) is 0. The van der Waals surface area contributed by atoms with E-state index >= 15 is 0 Å². The number of hydrogen-bond acceptors (Lipinski definition) is 4. The molecule has 0 radical (unpaired) electrons. The van der Waals surface area contributed by atoms with E-state index in [0.29, 0.717) is 0 Å². The summed E-state index contributed by atoms with van der Waals surface area (Å²) in [6, 6.07) is 0. The van der Waals surface area contributed by atoms with Gasteiger partial charge in [0.2, 0.25) is 0 Å². The molecule has 0 saturated heterocycles. The average molecular weight is 148 g/mol. The van der Waals surface area contributed by atoms with Crippen LogP contribution in [0.2, 0.25) is 0 Å². The molecule has 0 aromatic rings. The fourth-order valence-electron chi connectivity index (χ4n) is 0. The Bertz CT molecular complexity index is 66.0. The highest BCUT2D eigenvalue weighted by Crippen LogP contribution is 1.16. The highest BCUT2D eigenvalue weighted by molar-refractivity contribution is 7.78. The Morgan fingerprint density at radius 2 is 1.00 bits per heavy atom. The largest absolute Gasteiger partial charge is 0.248 e. The van der Waals surface area contributed by atoms with Crippen LogP contribution in [0.15, 0.2) is 0 Å². The molecule has 2 nitrogen and oxygen atoms in total. The molecule has 4 heteroatoms. The van der Waals surface area contributed by atoms with Gasteiger partial charge >= 0.3 is 0 Å². The van der Waals surface area contributed by atoms with Gasteiger partial charge in [-0.3, -0.25) is 0 Å². The van der Waals surface area contributed by atoms with Crippen LogP contribution in [0.1, 0.15) is 13.8 Å². The van der Waals surface area contributed by atoms with E-state index < -0.39 is 0 Å². The van der Waals surface area contributed by atoms with Gasteiger partial charge in [0.15, 0.2) is 0 Å². The first-order valence-corrected chi connectivity index (χ1v) is 2.72. The van der Waals surface area contributed by atoms with Gasteiger partial charge in [0, 0.05) is 0 Å². The summed E-state index contributed by atoms with van der Waals surface area (Å²) < 4.78 is 0. The Morgan fingerprint density at radius 3 is 1.00 bits per heavy atom. The predicted molar refractivity (Wildman–Crippen MR) is 42.0 cm³/mol. The smallest absolute Gasteiger partial charge is 0.0554 e. The molecule has 0 fully saturated rings. The predicted octanol–water partition coefficient (Wildman–Crippen LogP) is 2.36. The highest BCUT2D eigenvalue weighted by Gasteiger charge is 0.978. The van der Waals surface area contributed by atoms with Crippen molar-refractivity contribution in [3.05, 3.63) is 0 Å². The van der Waals surface area contributed by atoms with Crippen molar-refractivity contribution in [2.24, 2.45) is 0 Å². The van der Waals surface area contributed by atoms with Crippen LogP contribution in [0.5, 0.6) is 0 Å². The van der Waals surface area contributed by atoms with Crippen LogP contribution in [-0.2, 0) is 0 Å². The van der Waals surface area contributed by atoms with Gasteiger partial charge in [0.1, 0.15) is 0 Å². The molecule has 0 bridgehead atoms. The molecule has 0 aromatic carbocycles. The molecule has 0 spiro atoms. The Kier molecular flexibility index (Phi) is 158. The molecule has 46 valence electrons. The first-order valence-electron chi connectivity index (χ1n) is 1.91. The molecular weight excluding hydrogens is 140 g/mol. The van der Waals surface area contributed by atoms with Gasteiger partial charge in [0.25, 0.3) is 0 Å². The quantitative estimate of drug-likeness (QED) is 0.409. The van der Waals surface area contributed by atoms with E-state index in [9.17, 15) is 0 Å². The molecule has 0 atom stereocenters. The number of nitrogens with one attached hydrogen (secondary N) is 2. The minimum absolute atomic E-state index is 1.58. The standard InChI is InChI=1S/C2H6.2CHNS/c1-2;2*2-1-3/h1-2H3;2*2H. The van der Waals surface area contributed by atoms with E-state index in [1.165, 1.54) is 0 Å². The minimum Gasteiger partial charge on any atom is -0.248 e. The number of rotatable bonds is 0. The van der Waals surface area contributed by atoms with Crippen LogP contribution >= 0.6 is 24.4 Å². The first-order chi connectivity index (χ1) is 3.83. The van der Waals surface area contributed by atoms with Crippen LogP contribution in [0.3, 0.4) is 0 Å². The fraction of sp³-hybridized carbons (Fsp3) is 0.500. The van der Waals surface area contributed by atoms with Crippen molar-refractivity contribution in [1.29, 1.82) is 10.8 Å². The SMILES string of the molecule is CC.N=C=S.N=C=S. The van der Waals surface area contributed by atoms with Crippen LogP contribution in [0.4, 0.5) is 0 Å². The van der Waals surface area contributed by atoms with Crippen molar-refractivity contribution in [2.75, 3.05) is 0 Å². The molecule has 0 unspecified atom stereocenters. The van der Waals surface area contributed by atoms with Gasteiger partial charge in [-0.25, -0.2) is 10.8 Å². The molecule has 0 aliphatic carbocycles. The van der Waals surface area contributed by atoms with Gasteiger partial charge in [-0.15, -0.1) is 0 Å². The molecule has 0 saturated carbocycles. The highest BCUT2D eigenvalue weighted by atomic mass is 32.1. The Morgan fingerprint density at radius 1 is 1.00 bits per heavy atom. The molecule has 0 aliphatic heterocycles. The average Bonchev–Trinajstić information content (AvgIpc) is 1.75. The maximum Gasteiger partial charge on any atom is 0.0554 e. The lowest BCUT2D eigenvalue weighted by Crippen LogP contribution is -1.03. The van der Waals surface area contributed by atoms with Crippen LogP contribution in [-0.4, -0.2) is 10.3 Å². The van der Waals surface area contributed by atoms with Crippen molar-refractivity contribution in [2.45, 2.75) is 13.8 Å². The Balaban J connectivity index is -0.0000000483. The van der Waals surface area contributed by atoms with Crippen molar-refractivity contribution in [3.8, 4) is 0 Å². The van der Waals surface area contributed by atoms with Gasteiger partial charge in [-0.2, -0.15) is 0 Å². The second-order valence-corrected chi connectivity index (χ2v) is 0.612. The summed E-state index contributed by atoms with van der Waals surface area (Å²) in [6.45, 7) is 4.00. The molecule has 0 aliphatic rings. The summed E-state index contributed by atoms with van der Waals surface area (Å²) >= 11 is 7.62. The molecule has 0 rings (SSSR count). The number of isothiocyanates is 2. The van der Waals surface area contributed by atoms with Gasteiger partial charge in [-0.05, 0) is 24.4 Å². The molecule has 0 aromatic heterocycles. The van der Waals surface area contributed by atoms with E-state index in [1.807, 2.05) is 13.8 Å². The lowest BCUT2D eigenvalue weighted by Gasteiger charge is -1.07. The topological polar surface area (TPSA) is 47.7 Å². The summed E-state index contributed by atoms with van der Waals surface area (Å²) in [5.74, 6) is 0. The summed E-state index contributed by atoms with van der Waals surface area (Å²) in [4.78, 5) is 0. The second-order valence-electron chi connectivity index (χ2n) is 0.204. The van der Waals surface area contributed by atoms with E-state index in [1.54, 1.807) is 10.3 Å². The maximum atomic E-state index is 5.77. The van der Waals surface area contributed by atoms with Crippen molar-refractivity contribution >= 4 is 34.8 Å². The molecule has 0 heterocycles. The zero-order chi connectivity index (χ0) is 7.41. The van der Waals surface area contributed by atoms with Gasteiger partial charge in [0.05, 0.1) is 10.3 Å². The van der Waals surface area contributed by atoms with E-state index in [4.69, 9.17) is 10.8 Å². The maximum absolute atomic E-state index is 5.77. The third kappa shape index (κ3) is 741.